The SMILES string of the molecule is BrC1=CCCC(Br)=N1. The summed E-state index contributed by atoms with van der Waals surface area (Å²) in [4.78, 5) is 4.09. The highest BCUT2D eigenvalue weighted by Crippen LogP contribution is 2.17. The van der Waals surface area contributed by atoms with Gasteiger partial charge in [-0.2, -0.15) is 0 Å². The molecule has 8 heavy (non-hydrogen) atoms. The molecular formula is C5H5Br2N. The molecule has 0 aromatic rings. The van der Waals surface area contributed by atoms with Crippen molar-refractivity contribution in [2.75, 3.05) is 0 Å². The predicted molar refractivity (Wildman–Crippen MR) is 42.6 cm³/mol. The first-order valence-corrected chi connectivity index (χ1v) is 3.96. The maximum Gasteiger partial charge on any atom is 0.103 e. The van der Waals surface area contributed by atoms with Crippen molar-refractivity contribution in [3.8, 4) is 0 Å². The Balaban J connectivity index is 2.69. The Morgan fingerprint density at radius 2 is 2.25 bits per heavy atom. The summed E-state index contributed by atoms with van der Waals surface area (Å²) >= 11 is 6.58. The van der Waals surface area contributed by atoms with E-state index in [0.717, 1.165) is 22.1 Å². The van der Waals surface area contributed by atoms with Crippen LogP contribution in [0.1, 0.15) is 12.8 Å². The fourth-order valence-corrected chi connectivity index (χ4v) is 1.63. The molecule has 0 aromatic carbocycles. The van der Waals surface area contributed by atoms with Gasteiger partial charge in [0.15, 0.2) is 0 Å². The van der Waals surface area contributed by atoms with Crippen LogP contribution in [-0.4, -0.2) is 4.62 Å². The second-order valence-corrected chi connectivity index (χ2v) is 3.28. The zero-order chi connectivity index (χ0) is 5.98. The summed E-state index contributed by atoms with van der Waals surface area (Å²) in [6, 6.07) is 0. The van der Waals surface area contributed by atoms with Gasteiger partial charge in [-0.15, -0.1) is 0 Å². The van der Waals surface area contributed by atoms with Gasteiger partial charge in [-0.3, -0.25) is 0 Å². The largest absolute Gasteiger partial charge is 0.239 e. The molecule has 0 atom stereocenters. The third-order valence-corrected chi connectivity index (χ3v) is 1.97. The molecule has 0 unspecified atom stereocenters. The van der Waals surface area contributed by atoms with Crippen molar-refractivity contribution >= 4 is 36.5 Å². The van der Waals surface area contributed by atoms with E-state index in [-0.39, 0.29) is 0 Å². The molecule has 1 aliphatic heterocycles. The maximum absolute atomic E-state index is 4.09. The van der Waals surface area contributed by atoms with Crippen molar-refractivity contribution < 1.29 is 0 Å². The minimum Gasteiger partial charge on any atom is -0.239 e. The van der Waals surface area contributed by atoms with Crippen LogP contribution in [0.2, 0.25) is 0 Å². The van der Waals surface area contributed by atoms with E-state index in [1.165, 1.54) is 0 Å². The first kappa shape index (κ1) is 6.49. The summed E-state index contributed by atoms with van der Waals surface area (Å²) in [6.07, 6.45) is 4.19. The Morgan fingerprint density at radius 3 is 2.62 bits per heavy atom. The van der Waals surface area contributed by atoms with Crippen LogP contribution >= 0.6 is 31.9 Å². The van der Waals surface area contributed by atoms with E-state index in [0.29, 0.717) is 0 Å². The number of aliphatic imine (C=N–C) groups is 1. The topological polar surface area (TPSA) is 12.4 Å². The van der Waals surface area contributed by atoms with Gasteiger partial charge in [-0.05, 0) is 38.3 Å². The molecule has 0 spiro atoms. The van der Waals surface area contributed by atoms with Gasteiger partial charge in [0.1, 0.15) is 4.61 Å². The summed E-state index contributed by atoms with van der Waals surface area (Å²) in [7, 11) is 0. The Morgan fingerprint density at radius 1 is 1.50 bits per heavy atom. The normalized spacial score (nSPS) is 19.8. The van der Waals surface area contributed by atoms with Crippen LogP contribution < -0.4 is 0 Å². The maximum atomic E-state index is 4.09. The van der Waals surface area contributed by atoms with Crippen LogP contribution in [0.3, 0.4) is 0 Å². The fraction of sp³-hybridized carbons (Fsp3) is 0.400. The number of allylic oxidation sites excluding steroid dienone is 1. The molecule has 1 rings (SSSR count). The average molecular weight is 239 g/mol. The molecule has 1 aliphatic rings. The Hall–Kier alpha value is 0.370. The van der Waals surface area contributed by atoms with E-state index in [4.69, 9.17) is 0 Å². The molecule has 0 aliphatic carbocycles. The number of hydrogen-bond acceptors (Lipinski definition) is 1. The summed E-state index contributed by atoms with van der Waals surface area (Å²) in [5, 5.41) is 0. The summed E-state index contributed by atoms with van der Waals surface area (Å²) in [6.45, 7) is 0. The third kappa shape index (κ3) is 1.71. The van der Waals surface area contributed by atoms with Gasteiger partial charge < -0.3 is 0 Å². The van der Waals surface area contributed by atoms with Crippen molar-refractivity contribution in [1.82, 2.24) is 0 Å². The van der Waals surface area contributed by atoms with Gasteiger partial charge in [0.05, 0.1) is 4.62 Å². The second kappa shape index (κ2) is 2.78. The van der Waals surface area contributed by atoms with E-state index >= 15 is 0 Å². The summed E-state index contributed by atoms with van der Waals surface area (Å²) in [5.41, 5.74) is 0. The number of hydrogen-bond donors (Lipinski definition) is 0. The van der Waals surface area contributed by atoms with Crippen LogP contribution in [0, 0.1) is 0 Å². The quantitative estimate of drug-likeness (QED) is 0.576. The molecule has 44 valence electrons. The molecule has 0 saturated carbocycles. The van der Waals surface area contributed by atoms with Gasteiger partial charge in [-0.1, -0.05) is 6.08 Å². The first-order chi connectivity index (χ1) is 3.79. The highest BCUT2D eigenvalue weighted by Gasteiger charge is 1.99. The summed E-state index contributed by atoms with van der Waals surface area (Å²) < 4.78 is 1.97. The molecule has 1 heterocycles. The van der Waals surface area contributed by atoms with Crippen molar-refractivity contribution in [3.05, 3.63) is 10.7 Å². The standard InChI is InChI=1S/C5H5Br2N/c6-4-2-1-3-5(7)8-4/h2H,1,3H2. The molecule has 3 heteroatoms. The minimum atomic E-state index is 0.940. The van der Waals surface area contributed by atoms with Crippen molar-refractivity contribution in [2.24, 2.45) is 4.99 Å². The first-order valence-electron chi connectivity index (χ1n) is 2.38. The van der Waals surface area contributed by atoms with Crippen LogP contribution in [-0.2, 0) is 0 Å². The van der Waals surface area contributed by atoms with Gasteiger partial charge in [0.2, 0.25) is 0 Å². The van der Waals surface area contributed by atoms with E-state index in [1.807, 2.05) is 0 Å². The molecule has 0 saturated heterocycles. The van der Waals surface area contributed by atoms with E-state index in [2.05, 4.69) is 42.9 Å². The van der Waals surface area contributed by atoms with Crippen LogP contribution in [0.5, 0.6) is 0 Å². The highest BCUT2D eigenvalue weighted by molar-refractivity contribution is 9.18. The lowest BCUT2D eigenvalue weighted by molar-refractivity contribution is 1.07. The van der Waals surface area contributed by atoms with E-state index in [9.17, 15) is 0 Å². The lowest BCUT2D eigenvalue weighted by Gasteiger charge is -2.00. The number of nitrogens with zero attached hydrogens (tertiary/aromatic N) is 1. The Kier molecular flexibility index (Phi) is 2.26. The minimum absolute atomic E-state index is 0.940. The third-order valence-electron chi connectivity index (χ3n) is 0.892. The molecule has 0 bridgehead atoms. The molecule has 0 fully saturated rings. The van der Waals surface area contributed by atoms with E-state index < -0.39 is 0 Å². The van der Waals surface area contributed by atoms with Crippen LogP contribution in [0.15, 0.2) is 15.7 Å². The van der Waals surface area contributed by atoms with Gasteiger partial charge in [0.25, 0.3) is 0 Å². The van der Waals surface area contributed by atoms with Crippen molar-refractivity contribution in [2.45, 2.75) is 12.8 Å². The lowest BCUT2D eigenvalue weighted by Crippen LogP contribution is -1.89. The molecule has 0 N–H and O–H groups in total. The smallest absolute Gasteiger partial charge is 0.103 e. The molecule has 0 aromatic heterocycles. The predicted octanol–water partition coefficient (Wildman–Crippen LogP) is 2.81. The highest BCUT2D eigenvalue weighted by atomic mass is 79.9. The Bertz CT molecular complexity index is 149. The monoisotopic (exact) mass is 237 g/mol. The summed E-state index contributed by atoms with van der Waals surface area (Å²) in [5.74, 6) is 0. The van der Waals surface area contributed by atoms with Gasteiger partial charge >= 0.3 is 0 Å². The Labute approximate surface area is 65.1 Å². The molecule has 0 radical (unpaired) electrons. The second-order valence-electron chi connectivity index (χ2n) is 1.55. The van der Waals surface area contributed by atoms with Gasteiger partial charge in [-0.25, -0.2) is 4.99 Å². The molecule has 0 amide bonds. The number of halogens is 2. The van der Waals surface area contributed by atoms with Crippen LogP contribution in [0.25, 0.3) is 0 Å². The zero-order valence-corrected chi connectivity index (χ0v) is 7.37. The molecule has 1 nitrogen and oxygen atoms in total. The number of rotatable bonds is 0. The van der Waals surface area contributed by atoms with Gasteiger partial charge in [0, 0.05) is 6.42 Å². The fourth-order valence-electron chi connectivity index (χ4n) is 0.528. The van der Waals surface area contributed by atoms with E-state index in [1.54, 1.807) is 0 Å². The van der Waals surface area contributed by atoms with Crippen molar-refractivity contribution in [1.29, 1.82) is 0 Å². The zero-order valence-electron chi connectivity index (χ0n) is 4.19. The van der Waals surface area contributed by atoms with Crippen molar-refractivity contribution in [3.63, 3.8) is 0 Å². The van der Waals surface area contributed by atoms with Crippen LogP contribution in [0.4, 0.5) is 0 Å². The molecular weight excluding hydrogens is 234 g/mol. The average Bonchev–Trinajstić information content (AvgIpc) is 1.64. The lowest BCUT2D eigenvalue weighted by atomic mass is 10.3.